The first-order valence-electron chi connectivity index (χ1n) is 13.8. The topological polar surface area (TPSA) is 127 Å². The molecule has 7 rings (SSSR count). The van der Waals surface area contributed by atoms with Crippen LogP contribution in [0, 0.1) is 23.1 Å². The highest BCUT2D eigenvalue weighted by atomic mass is 19.1. The lowest BCUT2D eigenvalue weighted by Gasteiger charge is -2.32. The Bertz CT molecular complexity index is 1690. The Morgan fingerprint density at radius 1 is 1.27 bits per heavy atom. The molecule has 210 valence electrons. The average Bonchev–Trinajstić information content (AvgIpc) is 3.40. The van der Waals surface area contributed by atoms with Crippen molar-refractivity contribution in [1.29, 1.82) is 5.26 Å². The van der Waals surface area contributed by atoms with Crippen LogP contribution >= 0.6 is 0 Å². The number of piperidine rings is 1. The minimum absolute atomic E-state index is 0.00868. The number of likely N-dealkylation sites (tertiary alicyclic amines) is 1. The normalized spacial score (nSPS) is 23.5. The first-order chi connectivity index (χ1) is 19.9. The summed E-state index contributed by atoms with van der Waals surface area (Å²) in [7, 11) is 0. The SMILES string of the molecule is N#Cc1ccc(COc2cccc(C34CCN(Cc5nc6oc(C(=O)O)cc6n5CC5CCO5)CC3C4)n2)c(F)c1. The van der Waals surface area contributed by atoms with Gasteiger partial charge in [-0.15, -0.1) is 0 Å². The zero-order valence-electron chi connectivity index (χ0n) is 22.3. The summed E-state index contributed by atoms with van der Waals surface area (Å²) in [4.78, 5) is 23.3. The van der Waals surface area contributed by atoms with E-state index in [2.05, 4.69) is 9.88 Å². The molecule has 1 aliphatic carbocycles. The number of hydrogen-bond donors (Lipinski definition) is 1. The second-order valence-corrected chi connectivity index (χ2v) is 11.1. The lowest BCUT2D eigenvalue weighted by Crippen LogP contribution is -2.37. The molecular weight excluding hydrogens is 529 g/mol. The summed E-state index contributed by atoms with van der Waals surface area (Å²) in [5, 5.41) is 18.3. The molecule has 3 fully saturated rings. The van der Waals surface area contributed by atoms with Crippen LogP contribution in [0.1, 0.15) is 52.5 Å². The molecule has 3 aromatic heterocycles. The smallest absolute Gasteiger partial charge is 0.371 e. The highest BCUT2D eigenvalue weighted by Gasteiger charge is 2.58. The first kappa shape index (κ1) is 25.7. The predicted molar refractivity (Wildman–Crippen MR) is 143 cm³/mol. The van der Waals surface area contributed by atoms with Crippen molar-refractivity contribution in [2.45, 2.75) is 50.5 Å². The van der Waals surface area contributed by atoms with Gasteiger partial charge in [-0.2, -0.15) is 10.2 Å². The number of fused-ring (bicyclic) bond motifs is 2. The molecule has 3 aliphatic rings. The van der Waals surface area contributed by atoms with Crippen LogP contribution in [0.4, 0.5) is 4.39 Å². The number of benzene rings is 1. The van der Waals surface area contributed by atoms with Crippen molar-refractivity contribution in [2.24, 2.45) is 5.92 Å². The minimum atomic E-state index is -1.11. The van der Waals surface area contributed by atoms with E-state index in [0.29, 0.717) is 41.7 Å². The molecule has 1 saturated carbocycles. The second-order valence-electron chi connectivity index (χ2n) is 11.1. The molecule has 0 spiro atoms. The number of rotatable bonds is 9. The van der Waals surface area contributed by atoms with Gasteiger partial charge in [-0.25, -0.2) is 14.2 Å². The molecule has 4 aromatic rings. The van der Waals surface area contributed by atoms with Gasteiger partial charge in [0.2, 0.25) is 17.4 Å². The van der Waals surface area contributed by atoms with Crippen molar-refractivity contribution in [1.82, 2.24) is 19.4 Å². The number of carboxylic acid groups (broad SMARTS) is 1. The zero-order chi connectivity index (χ0) is 28.1. The van der Waals surface area contributed by atoms with Gasteiger partial charge in [0.25, 0.3) is 0 Å². The largest absolute Gasteiger partial charge is 0.475 e. The Hall–Kier alpha value is -4.27. The molecular formula is C30H28FN5O5. The van der Waals surface area contributed by atoms with Crippen LogP contribution in [0.3, 0.4) is 0 Å². The molecule has 0 bridgehead atoms. The fourth-order valence-corrected chi connectivity index (χ4v) is 6.15. The Morgan fingerprint density at radius 3 is 2.88 bits per heavy atom. The van der Waals surface area contributed by atoms with Crippen molar-refractivity contribution >= 4 is 17.2 Å². The summed E-state index contributed by atoms with van der Waals surface area (Å²) in [6, 6.07) is 13.6. The van der Waals surface area contributed by atoms with E-state index in [4.69, 9.17) is 24.1 Å². The third kappa shape index (κ3) is 4.73. The Labute approximate surface area is 234 Å². The molecule has 10 nitrogen and oxygen atoms in total. The number of aromatic carboxylic acids is 1. The summed E-state index contributed by atoms with van der Waals surface area (Å²) in [6.45, 7) is 3.80. The van der Waals surface area contributed by atoms with Crippen molar-refractivity contribution in [3.8, 4) is 11.9 Å². The van der Waals surface area contributed by atoms with E-state index in [1.165, 1.54) is 6.07 Å². The number of halogens is 1. The molecule has 2 saturated heterocycles. The van der Waals surface area contributed by atoms with Gasteiger partial charge in [0.15, 0.2) is 0 Å². The second kappa shape index (κ2) is 9.98. The number of pyridine rings is 1. The lowest BCUT2D eigenvalue weighted by molar-refractivity contribution is -0.0592. The van der Waals surface area contributed by atoms with E-state index >= 15 is 0 Å². The number of carbonyl (C=O) groups is 1. The maximum Gasteiger partial charge on any atom is 0.371 e. The summed E-state index contributed by atoms with van der Waals surface area (Å²) >= 11 is 0. The third-order valence-corrected chi connectivity index (χ3v) is 8.66. The standard InChI is InChI=1S/C30H28FN5O5/c31-22-10-18(13-32)4-5-19(22)17-40-27-3-1-2-25(33-27)30-7-8-35(14-20(30)12-30)16-26-34-28-23(11-24(41-28)29(37)38)36(26)15-21-6-9-39-21/h1-5,10-11,20-21H,6-9,12,14-17H2,(H,37,38). The first-order valence-corrected chi connectivity index (χ1v) is 13.8. The number of furan rings is 1. The van der Waals surface area contributed by atoms with Crippen molar-refractivity contribution in [2.75, 3.05) is 19.7 Å². The molecule has 41 heavy (non-hydrogen) atoms. The fourth-order valence-electron chi connectivity index (χ4n) is 6.15. The number of imidazole rings is 1. The monoisotopic (exact) mass is 557 g/mol. The Morgan fingerprint density at radius 2 is 2.15 bits per heavy atom. The Kier molecular flexibility index (Phi) is 6.25. The summed E-state index contributed by atoms with van der Waals surface area (Å²) in [5.41, 5.74) is 2.69. The van der Waals surface area contributed by atoms with Gasteiger partial charge in [-0.05, 0) is 49.9 Å². The quantitative estimate of drug-likeness (QED) is 0.321. The maximum atomic E-state index is 14.3. The van der Waals surface area contributed by atoms with E-state index in [1.807, 2.05) is 22.8 Å². The van der Waals surface area contributed by atoms with Crippen LogP contribution in [0.5, 0.6) is 5.88 Å². The third-order valence-electron chi connectivity index (χ3n) is 8.66. The van der Waals surface area contributed by atoms with E-state index < -0.39 is 11.8 Å². The van der Waals surface area contributed by atoms with Crippen LogP contribution in [-0.4, -0.2) is 56.3 Å². The van der Waals surface area contributed by atoms with Crippen LogP contribution in [0.2, 0.25) is 0 Å². The van der Waals surface area contributed by atoms with Crippen molar-refractivity contribution in [3.05, 3.63) is 76.7 Å². The predicted octanol–water partition coefficient (Wildman–Crippen LogP) is 4.26. The molecule has 0 amide bonds. The van der Waals surface area contributed by atoms with E-state index in [1.54, 1.807) is 24.3 Å². The van der Waals surface area contributed by atoms with Gasteiger partial charge in [0, 0.05) is 36.3 Å². The van der Waals surface area contributed by atoms with E-state index in [9.17, 15) is 14.3 Å². The number of nitriles is 1. The van der Waals surface area contributed by atoms with Gasteiger partial charge < -0.3 is 23.6 Å². The van der Waals surface area contributed by atoms with Gasteiger partial charge >= 0.3 is 5.97 Å². The number of aromatic nitrogens is 3. The number of carboxylic acids is 1. The molecule has 2 aliphatic heterocycles. The summed E-state index contributed by atoms with van der Waals surface area (Å²) in [5.74, 6) is 0.0694. The van der Waals surface area contributed by atoms with Crippen molar-refractivity contribution in [3.63, 3.8) is 0 Å². The van der Waals surface area contributed by atoms with Gasteiger partial charge in [0.05, 0.1) is 36.5 Å². The van der Waals surface area contributed by atoms with Gasteiger partial charge in [-0.3, -0.25) is 4.90 Å². The van der Waals surface area contributed by atoms with E-state index in [-0.39, 0.29) is 29.4 Å². The molecule has 11 heteroatoms. The summed E-state index contributed by atoms with van der Waals surface area (Å²) < 4.78 is 33.3. The number of ether oxygens (including phenoxy) is 2. The zero-order valence-corrected chi connectivity index (χ0v) is 22.3. The average molecular weight is 558 g/mol. The minimum Gasteiger partial charge on any atom is -0.475 e. The van der Waals surface area contributed by atoms with Crippen LogP contribution in [0.25, 0.3) is 11.2 Å². The Balaban J connectivity index is 1.03. The molecule has 1 aromatic carbocycles. The fraction of sp³-hybridized carbons (Fsp3) is 0.400. The maximum absolute atomic E-state index is 14.3. The highest BCUT2D eigenvalue weighted by molar-refractivity contribution is 5.89. The number of nitrogens with zero attached hydrogens (tertiary/aromatic N) is 5. The van der Waals surface area contributed by atoms with Crippen LogP contribution in [-0.2, 0) is 29.8 Å². The van der Waals surface area contributed by atoms with Crippen LogP contribution in [0.15, 0.2) is 46.9 Å². The highest BCUT2D eigenvalue weighted by Crippen LogP contribution is 2.59. The van der Waals surface area contributed by atoms with Crippen molar-refractivity contribution < 1.29 is 28.2 Å². The lowest BCUT2D eigenvalue weighted by atomic mass is 9.91. The van der Waals surface area contributed by atoms with Gasteiger partial charge in [0.1, 0.15) is 23.8 Å². The van der Waals surface area contributed by atoms with E-state index in [0.717, 1.165) is 50.5 Å². The number of hydrogen-bond acceptors (Lipinski definition) is 8. The molecule has 3 atom stereocenters. The summed E-state index contributed by atoms with van der Waals surface area (Å²) in [6.07, 6.45) is 3.05. The molecule has 1 N–H and O–H groups in total. The molecule has 3 unspecified atom stereocenters. The van der Waals surface area contributed by atoms with Gasteiger partial charge in [-0.1, -0.05) is 12.1 Å². The molecule has 5 heterocycles. The molecule has 0 radical (unpaired) electrons. The van der Waals surface area contributed by atoms with Crippen LogP contribution < -0.4 is 4.74 Å².